The molecule has 0 aliphatic carbocycles. The number of likely N-dealkylation sites (tertiary alicyclic amines) is 1. The molecule has 0 bridgehead atoms. The minimum absolute atomic E-state index is 0.242. The van der Waals surface area contributed by atoms with Gasteiger partial charge < -0.3 is 10.2 Å². The highest BCUT2D eigenvalue weighted by molar-refractivity contribution is 7.89. The maximum Gasteiger partial charge on any atom is 0.215 e. The summed E-state index contributed by atoms with van der Waals surface area (Å²) in [5.74, 6) is 0.727. The number of nitrogens with one attached hydrogen (secondary N) is 1. The molecule has 2 heterocycles. The molecular weight excluding hydrogens is 276 g/mol. The van der Waals surface area contributed by atoms with Gasteiger partial charge >= 0.3 is 0 Å². The zero-order valence-electron chi connectivity index (χ0n) is 12.7. The van der Waals surface area contributed by atoms with Crippen LogP contribution >= 0.6 is 0 Å². The van der Waals surface area contributed by atoms with Crippen molar-refractivity contribution in [1.29, 1.82) is 0 Å². The molecule has 6 nitrogen and oxygen atoms in total. The van der Waals surface area contributed by atoms with E-state index in [1.54, 1.807) is 11.4 Å². The molecule has 7 heteroatoms. The summed E-state index contributed by atoms with van der Waals surface area (Å²) in [4.78, 5) is 4.50. The average molecular weight is 304 g/mol. The monoisotopic (exact) mass is 304 g/mol. The molecule has 0 amide bonds. The van der Waals surface area contributed by atoms with Crippen LogP contribution in [0.15, 0.2) is 0 Å². The lowest BCUT2D eigenvalue weighted by atomic mass is 10.1. The molecule has 2 fully saturated rings. The van der Waals surface area contributed by atoms with Gasteiger partial charge in [-0.3, -0.25) is 4.90 Å². The Kier molecular flexibility index (Phi) is 5.80. The van der Waals surface area contributed by atoms with Crippen LogP contribution in [0, 0.1) is 5.92 Å². The van der Waals surface area contributed by atoms with Crippen molar-refractivity contribution in [3.05, 3.63) is 0 Å². The lowest BCUT2D eigenvalue weighted by Gasteiger charge is -2.28. The lowest BCUT2D eigenvalue weighted by Crippen LogP contribution is -2.46. The van der Waals surface area contributed by atoms with Crippen LogP contribution < -0.4 is 5.32 Å². The lowest BCUT2D eigenvalue weighted by molar-refractivity contribution is 0.252. The Morgan fingerprint density at radius 3 is 2.55 bits per heavy atom. The maximum absolute atomic E-state index is 12.3. The highest BCUT2D eigenvalue weighted by Gasteiger charge is 2.26. The second kappa shape index (κ2) is 7.17. The average Bonchev–Trinajstić information content (AvgIpc) is 2.83. The van der Waals surface area contributed by atoms with Gasteiger partial charge in [-0.25, -0.2) is 12.7 Å². The molecule has 0 aromatic carbocycles. The van der Waals surface area contributed by atoms with Crippen molar-refractivity contribution in [2.75, 3.05) is 72.2 Å². The summed E-state index contributed by atoms with van der Waals surface area (Å²) in [6.45, 7) is 7.23. The van der Waals surface area contributed by atoms with Gasteiger partial charge in [0.15, 0.2) is 0 Å². The van der Waals surface area contributed by atoms with E-state index in [4.69, 9.17) is 0 Å². The second-order valence-electron chi connectivity index (χ2n) is 6.11. The smallest absolute Gasteiger partial charge is 0.215 e. The van der Waals surface area contributed by atoms with Gasteiger partial charge in [0.2, 0.25) is 10.0 Å². The standard InChI is InChI=1S/C13H28N4O2S/c1-15-6-3-13(11-15)12-16(2)20(18,19)10-9-17-7-4-14-5-8-17/h13-14H,3-12H2,1-2H3. The zero-order valence-corrected chi connectivity index (χ0v) is 13.5. The number of rotatable bonds is 6. The van der Waals surface area contributed by atoms with Crippen LogP contribution in [0.1, 0.15) is 6.42 Å². The van der Waals surface area contributed by atoms with Crippen LogP contribution in [0.3, 0.4) is 0 Å². The second-order valence-corrected chi connectivity index (χ2v) is 8.30. The van der Waals surface area contributed by atoms with Crippen LogP contribution in [-0.4, -0.2) is 94.7 Å². The Labute approximate surface area is 123 Å². The van der Waals surface area contributed by atoms with Crippen molar-refractivity contribution in [1.82, 2.24) is 19.4 Å². The van der Waals surface area contributed by atoms with Crippen molar-refractivity contribution < 1.29 is 8.42 Å². The first kappa shape index (κ1) is 16.2. The first-order valence-electron chi connectivity index (χ1n) is 7.53. The number of piperazine rings is 1. The third-order valence-electron chi connectivity index (χ3n) is 4.35. The molecule has 1 atom stereocenters. The summed E-state index contributed by atoms with van der Waals surface area (Å²) in [6.07, 6.45) is 1.11. The quantitative estimate of drug-likeness (QED) is 0.690. The number of sulfonamides is 1. The molecule has 0 spiro atoms. The van der Waals surface area contributed by atoms with Gasteiger partial charge in [0, 0.05) is 52.9 Å². The fourth-order valence-corrected chi connectivity index (χ4v) is 4.23. The van der Waals surface area contributed by atoms with Crippen LogP contribution in [-0.2, 0) is 10.0 Å². The molecule has 0 saturated carbocycles. The molecule has 2 aliphatic rings. The molecular formula is C13H28N4O2S. The molecule has 0 radical (unpaired) electrons. The SMILES string of the molecule is CN1CCC(CN(C)S(=O)(=O)CCN2CCNCC2)C1. The highest BCUT2D eigenvalue weighted by atomic mass is 32.2. The normalized spacial score (nSPS) is 26.4. The number of hydrogen-bond donors (Lipinski definition) is 1. The Morgan fingerprint density at radius 2 is 1.95 bits per heavy atom. The molecule has 2 rings (SSSR count). The van der Waals surface area contributed by atoms with E-state index in [2.05, 4.69) is 22.2 Å². The Hall–Kier alpha value is -0.210. The number of nitrogens with zero attached hydrogens (tertiary/aromatic N) is 3. The van der Waals surface area contributed by atoms with Crippen LogP contribution in [0.4, 0.5) is 0 Å². The summed E-state index contributed by atoms with van der Waals surface area (Å²) in [6, 6.07) is 0. The molecule has 1 N–H and O–H groups in total. The fourth-order valence-electron chi connectivity index (χ4n) is 2.99. The maximum atomic E-state index is 12.3. The first-order valence-corrected chi connectivity index (χ1v) is 9.14. The Bertz CT molecular complexity index is 395. The zero-order chi connectivity index (χ0) is 14.6. The summed E-state index contributed by atoms with van der Waals surface area (Å²) in [5.41, 5.74) is 0. The largest absolute Gasteiger partial charge is 0.314 e. The van der Waals surface area contributed by atoms with Gasteiger partial charge in [0.05, 0.1) is 5.75 Å². The van der Waals surface area contributed by atoms with Crippen LogP contribution in [0.25, 0.3) is 0 Å². The van der Waals surface area contributed by atoms with E-state index in [1.807, 2.05) is 0 Å². The minimum atomic E-state index is -3.11. The predicted molar refractivity (Wildman–Crippen MR) is 81.3 cm³/mol. The third kappa shape index (κ3) is 4.66. The van der Waals surface area contributed by atoms with E-state index in [9.17, 15) is 8.42 Å². The molecule has 0 aromatic heterocycles. The summed E-state index contributed by atoms with van der Waals surface area (Å²) >= 11 is 0. The van der Waals surface area contributed by atoms with Gasteiger partial charge in [-0.05, 0) is 25.9 Å². The van der Waals surface area contributed by atoms with Crippen molar-refractivity contribution in [3.63, 3.8) is 0 Å². The van der Waals surface area contributed by atoms with Gasteiger partial charge in [-0.2, -0.15) is 0 Å². The fraction of sp³-hybridized carbons (Fsp3) is 1.00. The van der Waals surface area contributed by atoms with E-state index in [0.717, 1.165) is 45.7 Å². The van der Waals surface area contributed by atoms with Gasteiger partial charge in [0.25, 0.3) is 0 Å². The third-order valence-corrected chi connectivity index (χ3v) is 6.15. The van der Waals surface area contributed by atoms with Gasteiger partial charge in [-0.1, -0.05) is 0 Å². The van der Waals surface area contributed by atoms with E-state index >= 15 is 0 Å². The van der Waals surface area contributed by atoms with Gasteiger partial charge in [0.1, 0.15) is 0 Å². The van der Waals surface area contributed by atoms with E-state index in [-0.39, 0.29) is 5.75 Å². The molecule has 118 valence electrons. The Morgan fingerprint density at radius 1 is 1.25 bits per heavy atom. The van der Waals surface area contributed by atoms with Crippen molar-refractivity contribution in [2.45, 2.75) is 6.42 Å². The summed E-state index contributed by atoms with van der Waals surface area (Å²) in [5, 5.41) is 3.28. The van der Waals surface area contributed by atoms with E-state index < -0.39 is 10.0 Å². The summed E-state index contributed by atoms with van der Waals surface area (Å²) < 4.78 is 26.2. The van der Waals surface area contributed by atoms with Crippen LogP contribution in [0.5, 0.6) is 0 Å². The topological polar surface area (TPSA) is 55.9 Å². The predicted octanol–water partition coefficient (Wildman–Crippen LogP) is -0.895. The Balaban J connectivity index is 1.76. The molecule has 2 saturated heterocycles. The van der Waals surface area contributed by atoms with Crippen LogP contribution in [0.2, 0.25) is 0 Å². The minimum Gasteiger partial charge on any atom is -0.314 e. The van der Waals surface area contributed by atoms with E-state index in [1.165, 1.54) is 0 Å². The van der Waals surface area contributed by atoms with Crippen molar-refractivity contribution >= 4 is 10.0 Å². The number of hydrogen-bond acceptors (Lipinski definition) is 5. The van der Waals surface area contributed by atoms with Crippen molar-refractivity contribution in [2.24, 2.45) is 5.92 Å². The molecule has 0 aromatic rings. The highest BCUT2D eigenvalue weighted by Crippen LogP contribution is 2.16. The molecule has 20 heavy (non-hydrogen) atoms. The van der Waals surface area contributed by atoms with Crippen molar-refractivity contribution in [3.8, 4) is 0 Å². The molecule has 1 unspecified atom stereocenters. The van der Waals surface area contributed by atoms with E-state index in [0.29, 0.717) is 19.0 Å². The van der Waals surface area contributed by atoms with Gasteiger partial charge in [-0.15, -0.1) is 0 Å². The summed E-state index contributed by atoms with van der Waals surface area (Å²) in [7, 11) is 0.712. The first-order chi connectivity index (χ1) is 9.47. The molecule has 2 aliphatic heterocycles.